The number of hydrogen-bond donors (Lipinski definition) is 1. The molecule has 6 heteroatoms. The molecule has 104 valence electrons. The average Bonchev–Trinajstić information content (AvgIpc) is 2.39. The number of nitrogens with two attached hydrogens (primary N) is 1. The maximum absolute atomic E-state index is 13.6. The van der Waals surface area contributed by atoms with Gasteiger partial charge in [-0.3, -0.25) is 4.90 Å². The lowest BCUT2D eigenvalue weighted by Gasteiger charge is -2.26. The summed E-state index contributed by atoms with van der Waals surface area (Å²) in [6, 6.07) is 4.58. The number of thiocarbonyl (C=S) groups is 1. The molecule has 0 spiro atoms. The molecule has 1 heterocycles. The Hall–Kier alpha value is -1.24. The Morgan fingerprint density at radius 1 is 1.42 bits per heavy atom. The summed E-state index contributed by atoms with van der Waals surface area (Å²) in [5.41, 5.74) is 5.69. The number of hydrogen-bond acceptors (Lipinski definition) is 4. The monoisotopic (exact) mass is 284 g/mol. The molecule has 1 saturated heterocycles. The molecule has 0 radical (unpaired) electrons. The van der Waals surface area contributed by atoms with Crippen molar-refractivity contribution in [2.45, 2.75) is 0 Å². The molecule has 0 atom stereocenters. The van der Waals surface area contributed by atoms with Crippen LogP contribution in [0.1, 0.15) is 5.56 Å². The fourth-order valence-electron chi connectivity index (χ4n) is 1.97. The van der Waals surface area contributed by atoms with E-state index >= 15 is 0 Å². The lowest BCUT2D eigenvalue weighted by atomic mass is 10.2. The van der Waals surface area contributed by atoms with Crippen molar-refractivity contribution in [3.63, 3.8) is 0 Å². The normalized spacial score (nSPS) is 16.3. The number of nitrogens with zero attached hydrogens (tertiary/aromatic N) is 1. The van der Waals surface area contributed by atoms with E-state index in [-0.39, 0.29) is 10.6 Å². The maximum atomic E-state index is 13.6. The second-order valence-corrected chi connectivity index (χ2v) is 4.72. The zero-order valence-corrected chi connectivity index (χ0v) is 11.4. The number of rotatable bonds is 5. The minimum Gasteiger partial charge on any atom is -0.491 e. The van der Waals surface area contributed by atoms with Crippen molar-refractivity contribution in [2.24, 2.45) is 5.73 Å². The Labute approximate surface area is 117 Å². The van der Waals surface area contributed by atoms with E-state index in [1.807, 2.05) is 0 Å². The minimum absolute atomic E-state index is 0.0134. The van der Waals surface area contributed by atoms with Crippen molar-refractivity contribution in [2.75, 3.05) is 39.5 Å². The average molecular weight is 284 g/mol. The van der Waals surface area contributed by atoms with Crippen LogP contribution in [0.2, 0.25) is 0 Å². The number of halogens is 1. The molecule has 1 aromatic carbocycles. The number of ether oxygens (including phenoxy) is 2. The zero-order chi connectivity index (χ0) is 13.7. The second kappa shape index (κ2) is 6.79. The largest absolute Gasteiger partial charge is 0.491 e. The van der Waals surface area contributed by atoms with Gasteiger partial charge >= 0.3 is 0 Å². The summed E-state index contributed by atoms with van der Waals surface area (Å²) < 4.78 is 24.5. The first-order valence-corrected chi connectivity index (χ1v) is 6.60. The van der Waals surface area contributed by atoms with Gasteiger partial charge in [0, 0.05) is 19.6 Å². The molecule has 0 bridgehead atoms. The van der Waals surface area contributed by atoms with Gasteiger partial charge in [0.15, 0.2) is 0 Å². The van der Waals surface area contributed by atoms with Crippen LogP contribution in [-0.4, -0.2) is 49.3 Å². The number of benzene rings is 1. The van der Waals surface area contributed by atoms with E-state index in [2.05, 4.69) is 4.90 Å². The van der Waals surface area contributed by atoms with Gasteiger partial charge in [-0.05, 0) is 12.1 Å². The fourth-order valence-corrected chi connectivity index (χ4v) is 2.17. The van der Waals surface area contributed by atoms with Crippen LogP contribution in [0.5, 0.6) is 5.75 Å². The van der Waals surface area contributed by atoms with Crippen LogP contribution in [0.25, 0.3) is 0 Å². The minimum atomic E-state index is -0.448. The van der Waals surface area contributed by atoms with Crippen molar-refractivity contribution in [1.29, 1.82) is 0 Å². The standard InChI is InChI=1S/C13H17FN2O2S/c14-10-2-1-3-11(12(10)13(15)19)18-9-6-16-4-7-17-8-5-16/h1-3H,4-9H2,(H2,15,19). The van der Waals surface area contributed by atoms with Crippen LogP contribution in [0, 0.1) is 5.82 Å². The number of morpholine rings is 1. The first-order valence-electron chi connectivity index (χ1n) is 6.19. The van der Waals surface area contributed by atoms with Crippen LogP contribution < -0.4 is 10.5 Å². The molecule has 1 aliphatic rings. The Kier molecular flexibility index (Phi) is 5.07. The van der Waals surface area contributed by atoms with E-state index < -0.39 is 5.82 Å². The zero-order valence-electron chi connectivity index (χ0n) is 10.6. The molecular formula is C13H17FN2O2S. The highest BCUT2D eigenvalue weighted by Crippen LogP contribution is 2.21. The third-order valence-electron chi connectivity index (χ3n) is 2.99. The summed E-state index contributed by atoms with van der Waals surface area (Å²) in [7, 11) is 0. The van der Waals surface area contributed by atoms with Gasteiger partial charge < -0.3 is 15.2 Å². The van der Waals surface area contributed by atoms with Crippen LogP contribution in [0.3, 0.4) is 0 Å². The van der Waals surface area contributed by atoms with Gasteiger partial charge in [0.25, 0.3) is 0 Å². The van der Waals surface area contributed by atoms with Crippen LogP contribution in [-0.2, 0) is 4.74 Å². The lowest BCUT2D eigenvalue weighted by Crippen LogP contribution is -2.38. The quantitative estimate of drug-likeness (QED) is 0.823. The SMILES string of the molecule is NC(=S)c1c(F)cccc1OCCN1CCOCC1. The molecule has 1 fully saturated rings. The third kappa shape index (κ3) is 3.86. The highest BCUT2D eigenvalue weighted by molar-refractivity contribution is 7.80. The molecule has 2 rings (SSSR count). The second-order valence-electron chi connectivity index (χ2n) is 4.28. The molecule has 19 heavy (non-hydrogen) atoms. The van der Waals surface area contributed by atoms with E-state index in [0.29, 0.717) is 12.4 Å². The lowest BCUT2D eigenvalue weighted by molar-refractivity contribution is 0.0322. The molecular weight excluding hydrogens is 267 g/mol. The van der Waals surface area contributed by atoms with E-state index in [4.69, 9.17) is 27.4 Å². The molecule has 0 saturated carbocycles. The molecule has 2 N–H and O–H groups in total. The summed E-state index contributed by atoms with van der Waals surface area (Å²) >= 11 is 4.84. The van der Waals surface area contributed by atoms with E-state index in [1.165, 1.54) is 6.07 Å². The van der Waals surface area contributed by atoms with Gasteiger partial charge in [-0.2, -0.15) is 0 Å². The van der Waals surface area contributed by atoms with Crippen molar-refractivity contribution >= 4 is 17.2 Å². The fraction of sp³-hybridized carbons (Fsp3) is 0.462. The van der Waals surface area contributed by atoms with Gasteiger partial charge in [-0.15, -0.1) is 0 Å². The Morgan fingerprint density at radius 2 is 2.16 bits per heavy atom. The van der Waals surface area contributed by atoms with Crippen molar-refractivity contribution in [3.05, 3.63) is 29.6 Å². The van der Waals surface area contributed by atoms with Crippen molar-refractivity contribution in [3.8, 4) is 5.75 Å². The molecule has 0 aromatic heterocycles. The van der Waals surface area contributed by atoms with Gasteiger partial charge in [-0.25, -0.2) is 4.39 Å². The summed E-state index contributed by atoms with van der Waals surface area (Å²) in [4.78, 5) is 2.25. The smallest absolute Gasteiger partial charge is 0.137 e. The van der Waals surface area contributed by atoms with E-state index in [0.717, 1.165) is 32.8 Å². The van der Waals surface area contributed by atoms with E-state index in [1.54, 1.807) is 12.1 Å². The van der Waals surface area contributed by atoms with Gasteiger partial charge in [-0.1, -0.05) is 18.3 Å². The Morgan fingerprint density at radius 3 is 2.84 bits per heavy atom. The Bertz CT molecular complexity index is 450. The molecule has 4 nitrogen and oxygen atoms in total. The van der Waals surface area contributed by atoms with Gasteiger partial charge in [0.05, 0.1) is 18.8 Å². The first kappa shape index (κ1) is 14.2. The summed E-state index contributed by atoms with van der Waals surface area (Å²) in [6.45, 7) is 4.54. The van der Waals surface area contributed by atoms with E-state index in [9.17, 15) is 4.39 Å². The topological polar surface area (TPSA) is 47.7 Å². The van der Waals surface area contributed by atoms with Crippen LogP contribution in [0.4, 0.5) is 4.39 Å². The molecule has 1 aliphatic heterocycles. The highest BCUT2D eigenvalue weighted by Gasteiger charge is 2.13. The highest BCUT2D eigenvalue weighted by atomic mass is 32.1. The predicted molar refractivity (Wildman–Crippen MR) is 75.0 cm³/mol. The summed E-state index contributed by atoms with van der Waals surface area (Å²) in [5.74, 6) is -0.0443. The molecule has 0 unspecified atom stereocenters. The molecule has 0 aliphatic carbocycles. The molecule has 1 aromatic rings. The first-order chi connectivity index (χ1) is 9.18. The van der Waals surface area contributed by atoms with Crippen molar-refractivity contribution in [1.82, 2.24) is 4.90 Å². The van der Waals surface area contributed by atoms with Crippen molar-refractivity contribution < 1.29 is 13.9 Å². The van der Waals surface area contributed by atoms with Crippen LogP contribution in [0.15, 0.2) is 18.2 Å². The summed E-state index contributed by atoms with van der Waals surface area (Å²) in [5, 5.41) is 0. The molecule has 0 amide bonds. The third-order valence-corrected chi connectivity index (χ3v) is 3.19. The van der Waals surface area contributed by atoms with Crippen LogP contribution >= 0.6 is 12.2 Å². The Balaban J connectivity index is 1.92. The van der Waals surface area contributed by atoms with Gasteiger partial charge in [0.2, 0.25) is 0 Å². The predicted octanol–water partition coefficient (Wildman–Crippen LogP) is 1.17. The van der Waals surface area contributed by atoms with Gasteiger partial charge in [0.1, 0.15) is 23.2 Å². The maximum Gasteiger partial charge on any atom is 0.137 e. The summed E-state index contributed by atoms with van der Waals surface area (Å²) in [6.07, 6.45) is 0.